The molecule has 0 aliphatic carbocycles. The number of nitrogen functional groups attached to an aromatic ring is 1. The highest BCUT2D eigenvalue weighted by Gasteiger charge is 2.18. The van der Waals surface area contributed by atoms with Crippen LogP contribution in [-0.4, -0.2) is 21.7 Å². The zero-order valence-electron chi connectivity index (χ0n) is 9.05. The standard InChI is InChI=1S/C12H12BrN3O/c13-10-6-15-12(14)11(16-10)9(7-17)8-4-2-1-3-5-8/h1-6,9,17H,7H2,(H2,14,15)/t9-/m1/s1. The number of benzene rings is 1. The van der Waals surface area contributed by atoms with Crippen molar-refractivity contribution < 1.29 is 5.11 Å². The van der Waals surface area contributed by atoms with E-state index in [9.17, 15) is 5.11 Å². The zero-order valence-corrected chi connectivity index (χ0v) is 10.6. The summed E-state index contributed by atoms with van der Waals surface area (Å²) in [6, 6.07) is 9.62. The Labute approximate surface area is 108 Å². The first-order valence-electron chi connectivity index (χ1n) is 5.16. The van der Waals surface area contributed by atoms with Crippen molar-refractivity contribution in [1.82, 2.24) is 9.97 Å². The molecule has 1 aromatic carbocycles. The summed E-state index contributed by atoms with van der Waals surface area (Å²) < 4.78 is 0.607. The molecule has 3 N–H and O–H groups in total. The molecule has 0 fully saturated rings. The van der Waals surface area contributed by atoms with Crippen LogP contribution in [0.15, 0.2) is 41.1 Å². The topological polar surface area (TPSA) is 72.0 Å². The van der Waals surface area contributed by atoms with Crippen molar-refractivity contribution >= 4 is 21.7 Å². The molecule has 1 aromatic heterocycles. The molecule has 1 heterocycles. The van der Waals surface area contributed by atoms with Gasteiger partial charge in [-0.1, -0.05) is 30.3 Å². The van der Waals surface area contributed by atoms with Crippen LogP contribution < -0.4 is 5.73 Å². The van der Waals surface area contributed by atoms with Crippen LogP contribution in [0.2, 0.25) is 0 Å². The van der Waals surface area contributed by atoms with Crippen LogP contribution in [0.4, 0.5) is 5.82 Å². The number of aliphatic hydroxyl groups is 1. The number of nitrogens with zero attached hydrogens (tertiary/aromatic N) is 2. The predicted octanol–water partition coefficient (Wildman–Crippen LogP) is 1.95. The first kappa shape index (κ1) is 12.0. The van der Waals surface area contributed by atoms with E-state index in [4.69, 9.17) is 5.73 Å². The molecular formula is C12H12BrN3O. The third-order valence-electron chi connectivity index (χ3n) is 2.51. The van der Waals surface area contributed by atoms with Crippen LogP contribution in [-0.2, 0) is 0 Å². The lowest BCUT2D eigenvalue weighted by Crippen LogP contribution is -2.12. The Kier molecular flexibility index (Phi) is 3.71. The Morgan fingerprint density at radius 3 is 2.65 bits per heavy atom. The van der Waals surface area contributed by atoms with Crippen molar-refractivity contribution in [2.75, 3.05) is 12.3 Å². The lowest BCUT2D eigenvalue weighted by Gasteiger charge is -2.15. The maximum Gasteiger partial charge on any atom is 0.145 e. The maximum atomic E-state index is 9.51. The number of aromatic nitrogens is 2. The molecule has 2 rings (SSSR count). The van der Waals surface area contributed by atoms with E-state index >= 15 is 0 Å². The minimum atomic E-state index is -0.249. The van der Waals surface area contributed by atoms with E-state index in [-0.39, 0.29) is 12.5 Å². The summed E-state index contributed by atoms with van der Waals surface area (Å²) in [6.45, 7) is -0.0562. The number of nitrogens with two attached hydrogens (primary N) is 1. The predicted molar refractivity (Wildman–Crippen MR) is 69.5 cm³/mol. The fourth-order valence-electron chi connectivity index (χ4n) is 1.68. The van der Waals surface area contributed by atoms with Gasteiger partial charge >= 0.3 is 0 Å². The maximum absolute atomic E-state index is 9.51. The van der Waals surface area contributed by atoms with Gasteiger partial charge in [0.25, 0.3) is 0 Å². The van der Waals surface area contributed by atoms with E-state index < -0.39 is 0 Å². The summed E-state index contributed by atoms with van der Waals surface area (Å²) in [4.78, 5) is 8.32. The second-order valence-electron chi connectivity index (χ2n) is 3.61. The summed E-state index contributed by atoms with van der Waals surface area (Å²) in [5.41, 5.74) is 7.36. The number of rotatable bonds is 3. The van der Waals surface area contributed by atoms with Crippen LogP contribution in [0, 0.1) is 0 Å². The monoisotopic (exact) mass is 293 g/mol. The van der Waals surface area contributed by atoms with E-state index in [0.717, 1.165) is 5.56 Å². The third kappa shape index (κ3) is 2.62. The summed E-state index contributed by atoms with van der Waals surface area (Å²) in [5, 5.41) is 9.51. The highest BCUT2D eigenvalue weighted by atomic mass is 79.9. The van der Waals surface area contributed by atoms with Gasteiger partial charge in [0.15, 0.2) is 0 Å². The average Bonchev–Trinajstić information content (AvgIpc) is 2.36. The lowest BCUT2D eigenvalue weighted by atomic mass is 9.96. The molecule has 0 saturated carbocycles. The molecular weight excluding hydrogens is 282 g/mol. The van der Waals surface area contributed by atoms with E-state index in [2.05, 4.69) is 25.9 Å². The molecule has 0 bridgehead atoms. The number of hydrogen-bond donors (Lipinski definition) is 2. The molecule has 0 aliphatic heterocycles. The van der Waals surface area contributed by atoms with E-state index in [1.807, 2.05) is 30.3 Å². The first-order valence-corrected chi connectivity index (χ1v) is 5.95. The Morgan fingerprint density at radius 1 is 1.29 bits per heavy atom. The highest BCUT2D eigenvalue weighted by molar-refractivity contribution is 9.10. The molecule has 0 amide bonds. The minimum absolute atomic E-state index is 0.0562. The Balaban J connectivity index is 2.46. The van der Waals surface area contributed by atoms with Gasteiger partial charge in [0.05, 0.1) is 24.4 Å². The molecule has 88 valence electrons. The van der Waals surface area contributed by atoms with E-state index in [0.29, 0.717) is 16.1 Å². The normalized spacial score (nSPS) is 12.4. The molecule has 2 aromatic rings. The van der Waals surface area contributed by atoms with Crippen molar-refractivity contribution in [3.05, 3.63) is 52.4 Å². The molecule has 4 nitrogen and oxygen atoms in total. The van der Waals surface area contributed by atoms with Crippen LogP contribution in [0.1, 0.15) is 17.2 Å². The van der Waals surface area contributed by atoms with Gasteiger partial charge in [-0.2, -0.15) is 0 Å². The molecule has 0 unspecified atom stereocenters. The van der Waals surface area contributed by atoms with Crippen molar-refractivity contribution in [3.63, 3.8) is 0 Å². The second-order valence-corrected chi connectivity index (χ2v) is 4.42. The van der Waals surface area contributed by atoms with E-state index in [1.165, 1.54) is 6.20 Å². The highest BCUT2D eigenvalue weighted by Crippen LogP contribution is 2.26. The third-order valence-corrected chi connectivity index (χ3v) is 2.90. The minimum Gasteiger partial charge on any atom is -0.395 e. The van der Waals surface area contributed by atoms with Crippen LogP contribution >= 0.6 is 15.9 Å². The summed E-state index contributed by atoms with van der Waals surface area (Å²) in [7, 11) is 0. The zero-order chi connectivity index (χ0) is 12.3. The fourth-order valence-corrected chi connectivity index (χ4v) is 1.98. The van der Waals surface area contributed by atoms with Crippen LogP contribution in [0.3, 0.4) is 0 Å². The number of hydrogen-bond acceptors (Lipinski definition) is 4. The van der Waals surface area contributed by atoms with E-state index in [1.54, 1.807) is 0 Å². The van der Waals surface area contributed by atoms with Gasteiger partial charge in [0.2, 0.25) is 0 Å². The van der Waals surface area contributed by atoms with Crippen LogP contribution in [0.25, 0.3) is 0 Å². The Morgan fingerprint density at radius 2 is 2.00 bits per heavy atom. The lowest BCUT2D eigenvalue weighted by molar-refractivity contribution is 0.279. The Bertz CT molecular complexity index is 504. The number of aliphatic hydroxyl groups excluding tert-OH is 1. The molecule has 0 aliphatic rings. The van der Waals surface area contributed by atoms with Gasteiger partial charge in [-0.25, -0.2) is 9.97 Å². The molecule has 17 heavy (non-hydrogen) atoms. The first-order chi connectivity index (χ1) is 8.22. The van der Waals surface area contributed by atoms with Crippen molar-refractivity contribution in [3.8, 4) is 0 Å². The van der Waals surface area contributed by atoms with Gasteiger partial charge in [0, 0.05) is 0 Å². The summed E-state index contributed by atoms with van der Waals surface area (Å²) in [5.74, 6) is 0.0947. The van der Waals surface area contributed by atoms with Crippen molar-refractivity contribution in [1.29, 1.82) is 0 Å². The summed E-state index contributed by atoms with van der Waals surface area (Å²) in [6.07, 6.45) is 1.54. The van der Waals surface area contributed by atoms with Crippen LogP contribution in [0.5, 0.6) is 0 Å². The molecule has 1 atom stereocenters. The van der Waals surface area contributed by atoms with Crippen molar-refractivity contribution in [2.24, 2.45) is 0 Å². The van der Waals surface area contributed by atoms with Gasteiger partial charge in [-0.15, -0.1) is 0 Å². The average molecular weight is 294 g/mol. The quantitative estimate of drug-likeness (QED) is 0.907. The smallest absolute Gasteiger partial charge is 0.145 e. The summed E-state index contributed by atoms with van der Waals surface area (Å²) >= 11 is 3.26. The number of anilines is 1. The Hall–Kier alpha value is -1.46. The van der Waals surface area contributed by atoms with Gasteiger partial charge in [-0.3, -0.25) is 0 Å². The van der Waals surface area contributed by atoms with Gasteiger partial charge in [-0.05, 0) is 21.5 Å². The second kappa shape index (κ2) is 5.25. The molecule has 0 spiro atoms. The SMILES string of the molecule is Nc1ncc(Br)nc1[C@H](CO)c1ccccc1. The number of halogens is 1. The van der Waals surface area contributed by atoms with Crippen molar-refractivity contribution in [2.45, 2.75) is 5.92 Å². The fraction of sp³-hybridized carbons (Fsp3) is 0.167. The largest absolute Gasteiger partial charge is 0.395 e. The molecule has 5 heteroatoms. The van der Waals surface area contributed by atoms with Gasteiger partial charge in [0.1, 0.15) is 10.4 Å². The molecule has 0 radical (unpaired) electrons. The van der Waals surface area contributed by atoms with Gasteiger partial charge < -0.3 is 10.8 Å². The molecule has 0 saturated heterocycles.